The monoisotopic (exact) mass is 279 g/mol. The van der Waals surface area contributed by atoms with E-state index in [1.807, 2.05) is 6.92 Å². The quantitative estimate of drug-likeness (QED) is 0.767. The van der Waals surface area contributed by atoms with Gasteiger partial charge in [-0.25, -0.2) is 4.98 Å². The molecule has 0 spiro atoms. The lowest BCUT2D eigenvalue weighted by atomic mass is 10.1. The van der Waals surface area contributed by atoms with Crippen LogP contribution in [0.5, 0.6) is 0 Å². The summed E-state index contributed by atoms with van der Waals surface area (Å²) in [6.07, 6.45) is 0.178. The summed E-state index contributed by atoms with van der Waals surface area (Å²) in [5.41, 5.74) is 2.39. The lowest BCUT2D eigenvalue weighted by Crippen LogP contribution is -2.22. The summed E-state index contributed by atoms with van der Waals surface area (Å²) in [4.78, 5) is 4.67. The van der Waals surface area contributed by atoms with E-state index < -0.39 is 0 Å². The van der Waals surface area contributed by atoms with Gasteiger partial charge in [0.2, 0.25) is 0 Å². The van der Waals surface area contributed by atoms with Gasteiger partial charge in [-0.2, -0.15) is 0 Å². The van der Waals surface area contributed by atoms with Crippen molar-refractivity contribution in [3.8, 4) is 0 Å². The van der Waals surface area contributed by atoms with E-state index in [1.54, 1.807) is 7.11 Å². The van der Waals surface area contributed by atoms with Crippen molar-refractivity contribution in [1.82, 2.24) is 10.3 Å². The first-order chi connectivity index (χ1) is 9.42. The molecule has 2 N–H and O–H groups in total. The molecule has 0 bridgehead atoms. The number of hydrogen-bond donors (Lipinski definition) is 2. The third-order valence-electron chi connectivity index (χ3n) is 3.18. The van der Waals surface area contributed by atoms with Crippen molar-refractivity contribution in [2.45, 2.75) is 59.2 Å². The molecule has 1 unspecified atom stereocenters. The van der Waals surface area contributed by atoms with Crippen molar-refractivity contribution in [2.75, 3.05) is 19.0 Å². The molecule has 1 aromatic heterocycles. The van der Waals surface area contributed by atoms with Crippen molar-refractivity contribution in [3.05, 3.63) is 23.4 Å². The van der Waals surface area contributed by atoms with E-state index in [1.165, 1.54) is 5.56 Å². The van der Waals surface area contributed by atoms with Gasteiger partial charge in [0.05, 0.1) is 6.10 Å². The van der Waals surface area contributed by atoms with Crippen LogP contribution in [0.15, 0.2) is 12.1 Å². The molecule has 0 radical (unpaired) electrons. The fourth-order valence-electron chi connectivity index (χ4n) is 1.75. The molecule has 0 aliphatic carbocycles. The zero-order valence-corrected chi connectivity index (χ0v) is 13.7. The number of nitrogens with one attached hydrogen (secondary N) is 2. The smallest absolute Gasteiger partial charge is 0.126 e. The van der Waals surface area contributed by atoms with Crippen LogP contribution in [-0.2, 0) is 11.3 Å². The standard InChI is InChI=1S/C16H29N3O/c1-11(2)15-7-14(10-17-12(3)4)8-16(19-15)18-9-13(5)20-6/h7-8,11-13,17H,9-10H2,1-6H3,(H,18,19). The highest BCUT2D eigenvalue weighted by atomic mass is 16.5. The molecule has 114 valence electrons. The van der Waals surface area contributed by atoms with Crippen LogP contribution >= 0.6 is 0 Å². The Hall–Kier alpha value is -1.13. The second kappa shape index (κ2) is 8.22. The number of pyridine rings is 1. The second-order valence-electron chi connectivity index (χ2n) is 5.90. The van der Waals surface area contributed by atoms with Gasteiger partial charge < -0.3 is 15.4 Å². The average molecular weight is 279 g/mol. The van der Waals surface area contributed by atoms with Gasteiger partial charge in [0.15, 0.2) is 0 Å². The highest BCUT2D eigenvalue weighted by Gasteiger charge is 2.08. The minimum absolute atomic E-state index is 0.178. The van der Waals surface area contributed by atoms with Crippen LogP contribution in [0, 0.1) is 0 Å². The summed E-state index contributed by atoms with van der Waals surface area (Å²) < 4.78 is 5.26. The zero-order valence-electron chi connectivity index (χ0n) is 13.7. The molecule has 0 aromatic carbocycles. The number of ether oxygens (including phenoxy) is 1. The van der Waals surface area contributed by atoms with Gasteiger partial charge in [0.1, 0.15) is 5.82 Å². The van der Waals surface area contributed by atoms with Gasteiger partial charge >= 0.3 is 0 Å². The Kier molecular flexibility index (Phi) is 6.96. The van der Waals surface area contributed by atoms with Crippen molar-refractivity contribution < 1.29 is 4.74 Å². The van der Waals surface area contributed by atoms with Crippen LogP contribution in [0.2, 0.25) is 0 Å². The van der Waals surface area contributed by atoms with E-state index in [2.05, 4.69) is 55.4 Å². The van der Waals surface area contributed by atoms with E-state index in [9.17, 15) is 0 Å². The van der Waals surface area contributed by atoms with Crippen LogP contribution in [0.4, 0.5) is 5.82 Å². The number of aromatic nitrogens is 1. The number of methoxy groups -OCH3 is 1. The van der Waals surface area contributed by atoms with Crippen LogP contribution in [-0.4, -0.2) is 30.8 Å². The molecular weight excluding hydrogens is 250 g/mol. The molecule has 0 aliphatic rings. The minimum atomic E-state index is 0.178. The fraction of sp³-hybridized carbons (Fsp3) is 0.688. The first kappa shape index (κ1) is 16.9. The lowest BCUT2D eigenvalue weighted by Gasteiger charge is -2.16. The molecule has 0 saturated carbocycles. The van der Waals surface area contributed by atoms with Gasteiger partial charge in [-0.1, -0.05) is 27.7 Å². The highest BCUT2D eigenvalue weighted by Crippen LogP contribution is 2.18. The molecule has 0 saturated heterocycles. The molecular formula is C16H29N3O. The minimum Gasteiger partial charge on any atom is -0.380 e. The summed E-state index contributed by atoms with van der Waals surface area (Å²) in [5, 5.41) is 6.81. The Balaban J connectivity index is 2.81. The first-order valence-electron chi connectivity index (χ1n) is 7.43. The molecule has 1 rings (SSSR count). The molecule has 4 heteroatoms. The number of rotatable bonds is 8. The molecule has 1 atom stereocenters. The molecule has 0 amide bonds. The second-order valence-corrected chi connectivity index (χ2v) is 5.90. The van der Waals surface area contributed by atoms with Gasteiger partial charge in [-0.05, 0) is 30.5 Å². The Labute approximate surface area is 123 Å². The van der Waals surface area contributed by atoms with Crippen LogP contribution in [0.25, 0.3) is 0 Å². The van der Waals surface area contributed by atoms with Gasteiger partial charge in [-0.15, -0.1) is 0 Å². The van der Waals surface area contributed by atoms with Crippen LogP contribution < -0.4 is 10.6 Å². The van der Waals surface area contributed by atoms with Gasteiger partial charge in [0.25, 0.3) is 0 Å². The van der Waals surface area contributed by atoms with E-state index in [4.69, 9.17) is 4.74 Å². The number of hydrogen-bond acceptors (Lipinski definition) is 4. The molecule has 1 heterocycles. The molecule has 1 aromatic rings. The third-order valence-corrected chi connectivity index (χ3v) is 3.18. The highest BCUT2D eigenvalue weighted by molar-refractivity contribution is 5.40. The van der Waals surface area contributed by atoms with E-state index in [0.29, 0.717) is 12.0 Å². The predicted octanol–water partition coefficient (Wildman–Crippen LogP) is 3.15. The van der Waals surface area contributed by atoms with Crippen molar-refractivity contribution in [3.63, 3.8) is 0 Å². The average Bonchev–Trinajstić information content (AvgIpc) is 2.42. The molecule has 0 fully saturated rings. The molecule has 20 heavy (non-hydrogen) atoms. The maximum Gasteiger partial charge on any atom is 0.126 e. The normalized spacial score (nSPS) is 13.0. The maximum absolute atomic E-state index is 5.26. The van der Waals surface area contributed by atoms with Crippen molar-refractivity contribution in [2.24, 2.45) is 0 Å². The summed E-state index contributed by atoms with van der Waals surface area (Å²) in [5.74, 6) is 1.36. The predicted molar refractivity (Wildman–Crippen MR) is 85.3 cm³/mol. The summed E-state index contributed by atoms with van der Waals surface area (Å²) in [6.45, 7) is 12.3. The Morgan fingerprint density at radius 1 is 1.15 bits per heavy atom. The fourth-order valence-corrected chi connectivity index (χ4v) is 1.75. The topological polar surface area (TPSA) is 46.2 Å². The summed E-state index contributed by atoms with van der Waals surface area (Å²) in [6, 6.07) is 4.78. The van der Waals surface area contributed by atoms with E-state index in [0.717, 1.165) is 24.6 Å². The van der Waals surface area contributed by atoms with E-state index in [-0.39, 0.29) is 6.10 Å². The maximum atomic E-state index is 5.26. The number of anilines is 1. The Bertz CT molecular complexity index is 405. The van der Waals surface area contributed by atoms with Crippen molar-refractivity contribution in [1.29, 1.82) is 0 Å². The first-order valence-corrected chi connectivity index (χ1v) is 7.43. The lowest BCUT2D eigenvalue weighted by molar-refractivity contribution is 0.128. The van der Waals surface area contributed by atoms with Crippen LogP contribution in [0.1, 0.15) is 51.8 Å². The van der Waals surface area contributed by atoms with Gasteiger partial charge in [-0.3, -0.25) is 0 Å². The third kappa shape index (κ3) is 5.88. The SMILES string of the molecule is COC(C)CNc1cc(CNC(C)C)cc(C(C)C)n1. The molecule has 4 nitrogen and oxygen atoms in total. The van der Waals surface area contributed by atoms with Gasteiger partial charge in [0, 0.05) is 31.9 Å². The Morgan fingerprint density at radius 3 is 2.40 bits per heavy atom. The van der Waals surface area contributed by atoms with E-state index >= 15 is 0 Å². The molecule has 0 aliphatic heterocycles. The zero-order chi connectivity index (χ0) is 15.1. The summed E-state index contributed by atoms with van der Waals surface area (Å²) in [7, 11) is 1.72. The van der Waals surface area contributed by atoms with Crippen molar-refractivity contribution >= 4 is 5.82 Å². The van der Waals surface area contributed by atoms with Crippen LogP contribution in [0.3, 0.4) is 0 Å². The summed E-state index contributed by atoms with van der Waals surface area (Å²) >= 11 is 0. The largest absolute Gasteiger partial charge is 0.380 e. The Morgan fingerprint density at radius 2 is 1.85 bits per heavy atom. The number of nitrogens with zero attached hydrogens (tertiary/aromatic N) is 1.